The zero-order valence-corrected chi connectivity index (χ0v) is 23.3. The van der Waals surface area contributed by atoms with Crippen molar-refractivity contribution in [3.05, 3.63) is 121 Å². The van der Waals surface area contributed by atoms with Gasteiger partial charge in [0.15, 0.2) is 0 Å². The number of fused-ring (bicyclic) bond motifs is 2. The molecule has 4 heteroatoms. The fraction of sp³-hybridized carbons (Fsp3) is 0.161. The Balaban J connectivity index is 1.39. The molecule has 0 bridgehead atoms. The molecule has 0 atom stereocenters. The van der Waals surface area contributed by atoms with Crippen molar-refractivity contribution in [3.63, 3.8) is 0 Å². The van der Waals surface area contributed by atoms with Crippen molar-refractivity contribution < 1.29 is 25.9 Å². The van der Waals surface area contributed by atoms with Crippen LogP contribution in [0.15, 0.2) is 103 Å². The van der Waals surface area contributed by atoms with E-state index in [-0.39, 0.29) is 25.3 Å². The molecule has 1 heterocycles. The Labute approximate surface area is 225 Å². The van der Waals surface area contributed by atoms with Crippen molar-refractivity contribution in [1.82, 2.24) is 0 Å². The normalized spacial score (nSPS) is 15.5. The molecule has 1 aliphatic heterocycles. The van der Waals surface area contributed by atoms with Gasteiger partial charge in [0.25, 0.3) is 0 Å². The number of ether oxygens (including phenoxy) is 1. The van der Waals surface area contributed by atoms with E-state index in [1.54, 1.807) is 7.11 Å². The third-order valence-electron chi connectivity index (χ3n) is 6.46. The molecule has 1 saturated heterocycles. The summed E-state index contributed by atoms with van der Waals surface area (Å²) in [4.78, 5) is 0. The molecule has 35 heavy (non-hydrogen) atoms. The van der Waals surface area contributed by atoms with Crippen LogP contribution in [0.2, 0.25) is 0 Å². The van der Waals surface area contributed by atoms with Gasteiger partial charge >= 0.3 is 210 Å². The van der Waals surface area contributed by atoms with Crippen LogP contribution in [-0.2, 0) is 4.08 Å². The minimum atomic E-state index is -0.152. The first-order chi connectivity index (χ1) is 17.2. The molecule has 0 spiro atoms. The summed E-state index contributed by atoms with van der Waals surface area (Å²) in [6.07, 6.45) is 1.27. The summed E-state index contributed by atoms with van der Waals surface area (Å²) in [6.45, 7) is 0. The molecular weight excluding hydrogens is 579 g/mol. The second-order valence-corrected chi connectivity index (χ2v) is 14.6. The first-order valence-corrected chi connectivity index (χ1v) is 16.0. The van der Waals surface area contributed by atoms with Gasteiger partial charge in [0.05, 0.1) is 7.11 Å². The number of rotatable bonds is 5. The summed E-state index contributed by atoms with van der Waals surface area (Å²) in [6, 6.07) is 38.4. The monoisotopic (exact) mass is 605 g/mol. The minimum absolute atomic E-state index is 0.0732. The molecule has 0 aliphatic carbocycles. The van der Waals surface area contributed by atoms with E-state index in [2.05, 4.69) is 127 Å². The van der Waals surface area contributed by atoms with Gasteiger partial charge in [-0.25, -0.2) is 0 Å². The molecule has 1 aliphatic rings. The van der Waals surface area contributed by atoms with Crippen LogP contribution < -0.4 is 25.9 Å². The first kappa shape index (κ1) is 23.3. The SMILES string of the molecule is COc1ccc2cc(C3(c4ccc5cc([I-]c6ccccc6)ccc5c4)SCCCS3)ccc2c1. The van der Waals surface area contributed by atoms with Crippen molar-refractivity contribution in [3.8, 4) is 5.75 Å². The van der Waals surface area contributed by atoms with E-state index in [1.807, 2.05) is 0 Å². The summed E-state index contributed by atoms with van der Waals surface area (Å²) in [5, 5.41) is 5.17. The Bertz CT molecular complexity index is 1490. The zero-order chi connectivity index (χ0) is 23.7. The molecule has 5 aromatic rings. The van der Waals surface area contributed by atoms with E-state index in [9.17, 15) is 0 Å². The second kappa shape index (κ2) is 10.1. The first-order valence-electron chi connectivity index (χ1n) is 11.8. The van der Waals surface area contributed by atoms with Crippen LogP contribution in [0.25, 0.3) is 21.5 Å². The van der Waals surface area contributed by atoms with E-state index in [0.29, 0.717) is 0 Å². The molecule has 1 fully saturated rings. The number of hydrogen-bond acceptors (Lipinski definition) is 3. The maximum atomic E-state index is 5.43. The average Bonchev–Trinajstić information content (AvgIpc) is 2.93. The van der Waals surface area contributed by atoms with Crippen LogP contribution in [0, 0.1) is 7.14 Å². The molecule has 0 aromatic heterocycles. The Kier molecular flexibility index (Phi) is 6.70. The summed E-state index contributed by atoms with van der Waals surface area (Å²) in [5.41, 5.74) is 2.79. The van der Waals surface area contributed by atoms with Crippen LogP contribution in [-0.4, -0.2) is 18.6 Å². The summed E-state index contributed by atoms with van der Waals surface area (Å²) < 4.78 is 8.29. The van der Waals surface area contributed by atoms with Crippen LogP contribution in [0.4, 0.5) is 0 Å². The molecule has 0 amide bonds. The van der Waals surface area contributed by atoms with Gasteiger partial charge in [-0.2, -0.15) is 0 Å². The van der Waals surface area contributed by atoms with Crippen LogP contribution in [0.3, 0.4) is 0 Å². The van der Waals surface area contributed by atoms with Gasteiger partial charge in [0.2, 0.25) is 0 Å². The number of thioether (sulfide) groups is 2. The second-order valence-electron chi connectivity index (χ2n) is 8.69. The molecule has 0 radical (unpaired) electrons. The number of methoxy groups -OCH3 is 1. The molecule has 0 unspecified atom stereocenters. The van der Waals surface area contributed by atoms with E-state index >= 15 is 0 Å². The van der Waals surface area contributed by atoms with Crippen molar-refractivity contribution in [1.29, 1.82) is 0 Å². The predicted octanol–water partition coefficient (Wildman–Crippen LogP) is 5.20. The summed E-state index contributed by atoms with van der Waals surface area (Å²) in [7, 11) is 1.73. The molecule has 6 rings (SSSR count). The van der Waals surface area contributed by atoms with Gasteiger partial charge < -0.3 is 4.74 Å². The Morgan fingerprint density at radius 2 is 1.23 bits per heavy atom. The maximum absolute atomic E-state index is 5.43. The number of halogens is 1. The Morgan fingerprint density at radius 1 is 0.629 bits per heavy atom. The van der Waals surface area contributed by atoms with Gasteiger partial charge in [-0.1, -0.05) is 0 Å². The van der Waals surface area contributed by atoms with Gasteiger partial charge in [0, 0.05) is 0 Å². The zero-order valence-electron chi connectivity index (χ0n) is 19.5. The fourth-order valence-electron chi connectivity index (χ4n) is 4.67. The van der Waals surface area contributed by atoms with E-state index in [4.69, 9.17) is 4.74 Å². The van der Waals surface area contributed by atoms with Gasteiger partial charge in [0.1, 0.15) is 5.75 Å². The fourth-order valence-corrected chi connectivity index (χ4v) is 10.4. The summed E-state index contributed by atoms with van der Waals surface area (Å²) >= 11 is 4.03. The van der Waals surface area contributed by atoms with Gasteiger partial charge in [-0.15, -0.1) is 0 Å². The number of benzene rings is 5. The third kappa shape index (κ3) is 4.68. The molecular formula is C31H26IOS2-. The molecule has 5 aromatic carbocycles. The van der Waals surface area contributed by atoms with Gasteiger partial charge in [-0.05, 0) is 0 Å². The summed E-state index contributed by atoms with van der Waals surface area (Å²) in [5.74, 6) is 3.28. The van der Waals surface area contributed by atoms with E-state index < -0.39 is 0 Å². The van der Waals surface area contributed by atoms with Gasteiger partial charge in [-0.3, -0.25) is 0 Å². The molecule has 1 nitrogen and oxygen atoms in total. The topological polar surface area (TPSA) is 9.23 Å². The van der Waals surface area contributed by atoms with Crippen LogP contribution in [0.5, 0.6) is 5.75 Å². The molecule has 0 N–H and O–H groups in total. The molecule has 176 valence electrons. The third-order valence-corrected chi connectivity index (χ3v) is 12.5. The predicted molar refractivity (Wildman–Crippen MR) is 149 cm³/mol. The van der Waals surface area contributed by atoms with Crippen LogP contribution in [0.1, 0.15) is 17.5 Å². The van der Waals surface area contributed by atoms with E-state index in [1.165, 1.54) is 57.7 Å². The van der Waals surface area contributed by atoms with E-state index in [0.717, 1.165) is 5.75 Å². The Morgan fingerprint density at radius 3 is 1.91 bits per heavy atom. The standard InChI is InChI=1S/C31H26IOS2/c1-33-30-15-11-23-19-27(13-9-25(23)21-30)31(34-16-5-17-35-31)26-12-8-24-20-29(14-10-22(24)18-26)32-28-6-3-2-4-7-28/h2-4,6-15,18-21H,5,16-17H2,1H3/q-1. The van der Waals surface area contributed by atoms with Crippen molar-refractivity contribution in [2.45, 2.75) is 10.5 Å². The van der Waals surface area contributed by atoms with Crippen molar-refractivity contribution >= 4 is 45.1 Å². The van der Waals surface area contributed by atoms with Crippen molar-refractivity contribution in [2.24, 2.45) is 0 Å². The van der Waals surface area contributed by atoms with Crippen LogP contribution >= 0.6 is 23.5 Å². The molecule has 0 saturated carbocycles. The van der Waals surface area contributed by atoms with Crippen molar-refractivity contribution in [2.75, 3.05) is 18.6 Å². The number of hydrogen-bond donors (Lipinski definition) is 0. The Hall–Kier alpha value is -2.15. The quantitative estimate of drug-likeness (QED) is 0.255. The average molecular weight is 606 g/mol.